The van der Waals surface area contributed by atoms with Crippen molar-refractivity contribution in [3.8, 4) is 11.3 Å². The van der Waals surface area contributed by atoms with Crippen LogP contribution in [0.1, 0.15) is 79.3 Å². The van der Waals surface area contributed by atoms with Crippen molar-refractivity contribution in [2.75, 3.05) is 37.6 Å². The smallest absolute Gasteiger partial charge is 0.335 e. The molecule has 37 heavy (non-hydrogen) atoms. The normalized spacial score (nSPS) is 20.7. The second-order valence-corrected chi connectivity index (χ2v) is 11.7. The summed E-state index contributed by atoms with van der Waals surface area (Å²) in [5, 5.41) is 11.0. The first-order valence-corrected chi connectivity index (χ1v) is 14.5. The molecule has 5 nitrogen and oxygen atoms in total. The number of aromatic nitrogens is 1. The highest BCUT2D eigenvalue weighted by atomic mass is 16.4. The fourth-order valence-corrected chi connectivity index (χ4v) is 7.22. The summed E-state index contributed by atoms with van der Waals surface area (Å²) in [6.07, 6.45) is 8.97. The fraction of sp³-hybridized carbons (Fsp3) is 0.531. The van der Waals surface area contributed by atoms with Crippen molar-refractivity contribution in [3.05, 3.63) is 53.1 Å². The van der Waals surface area contributed by atoms with E-state index in [2.05, 4.69) is 52.5 Å². The van der Waals surface area contributed by atoms with E-state index in [1.165, 1.54) is 91.5 Å². The minimum atomic E-state index is -0.848. The number of anilines is 1. The van der Waals surface area contributed by atoms with Gasteiger partial charge in [-0.05, 0) is 73.9 Å². The molecule has 6 rings (SSSR count). The van der Waals surface area contributed by atoms with Gasteiger partial charge in [0.05, 0.1) is 11.3 Å². The van der Waals surface area contributed by atoms with E-state index >= 15 is 0 Å². The number of hydrogen-bond acceptors (Lipinski definition) is 3. The predicted octanol–water partition coefficient (Wildman–Crippen LogP) is 6.91. The Kier molecular flexibility index (Phi) is 6.74. The third-order valence-electron chi connectivity index (χ3n) is 9.34. The molecule has 0 spiro atoms. The minimum Gasteiger partial charge on any atom is -0.478 e. The van der Waals surface area contributed by atoms with Gasteiger partial charge in [0, 0.05) is 54.9 Å². The molecular weight excluding hydrogens is 458 g/mol. The van der Waals surface area contributed by atoms with Crippen molar-refractivity contribution in [2.24, 2.45) is 5.92 Å². The van der Waals surface area contributed by atoms with Gasteiger partial charge in [-0.15, -0.1) is 0 Å². The van der Waals surface area contributed by atoms with Gasteiger partial charge in [-0.3, -0.25) is 0 Å². The highest BCUT2D eigenvalue weighted by Gasteiger charge is 2.31. The van der Waals surface area contributed by atoms with E-state index in [1.807, 2.05) is 6.07 Å². The predicted molar refractivity (Wildman–Crippen MR) is 152 cm³/mol. The van der Waals surface area contributed by atoms with E-state index in [0.29, 0.717) is 11.5 Å². The molecule has 2 fully saturated rings. The van der Waals surface area contributed by atoms with Crippen molar-refractivity contribution >= 4 is 22.6 Å². The van der Waals surface area contributed by atoms with Gasteiger partial charge in [0.2, 0.25) is 0 Å². The number of carboxylic acids is 1. The Morgan fingerprint density at radius 1 is 0.973 bits per heavy atom. The number of carboxylic acid groups (broad SMARTS) is 1. The molecule has 0 bridgehead atoms. The van der Waals surface area contributed by atoms with Crippen LogP contribution in [0, 0.1) is 12.8 Å². The molecule has 2 aliphatic heterocycles. The maximum absolute atomic E-state index is 11.9. The highest BCUT2D eigenvalue weighted by Crippen LogP contribution is 2.47. The zero-order chi connectivity index (χ0) is 25.5. The number of benzene rings is 2. The van der Waals surface area contributed by atoms with Gasteiger partial charge in [0.25, 0.3) is 0 Å². The molecule has 0 radical (unpaired) electrons. The van der Waals surface area contributed by atoms with Crippen molar-refractivity contribution < 1.29 is 9.90 Å². The van der Waals surface area contributed by atoms with Crippen LogP contribution >= 0.6 is 0 Å². The van der Waals surface area contributed by atoms with Crippen LogP contribution in [0.3, 0.4) is 0 Å². The van der Waals surface area contributed by atoms with Crippen LogP contribution in [0.15, 0.2) is 36.4 Å². The molecule has 2 aromatic carbocycles. The van der Waals surface area contributed by atoms with Gasteiger partial charge in [-0.2, -0.15) is 0 Å². The number of aryl methyl sites for hydroxylation is 1. The number of hydrogen-bond donors (Lipinski definition) is 1. The van der Waals surface area contributed by atoms with Gasteiger partial charge in [-0.25, -0.2) is 4.79 Å². The summed E-state index contributed by atoms with van der Waals surface area (Å²) in [6, 6.07) is 12.8. The number of likely N-dealkylation sites (tertiary alicyclic amines) is 1. The van der Waals surface area contributed by atoms with E-state index in [4.69, 9.17) is 0 Å². The van der Waals surface area contributed by atoms with Gasteiger partial charge in [0.15, 0.2) is 0 Å². The standard InChI is InChI=1S/C32H41N3O2/c1-3-23-13-14-33(21-23)15-16-34-17-18-35-29-20-25(32(36)37)10-12-26(29)30(24-7-5-4-6-8-24)31(35)27-11-9-22(2)19-28(27)34/h9-12,19-20,23-24H,3-8,13-18,21H2,1-2H3,(H,36,37). The molecule has 3 aliphatic rings. The quantitative estimate of drug-likeness (QED) is 0.400. The Bertz CT molecular complexity index is 1300. The van der Waals surface area contributed by atoms with Crippen LogP contribution in [0.2, 0.25) is 0 Å². The molecule has 1 aliphatic carbocycles. The number of fused-ring (bicyclic) bond motifs is 5. The second kappa shape index (κ2) is 10.2. The fourth-order valence-electron chi connectivity index (χ4n) is 7.22. The Hall–Kier alpha value is -2.79. The van der Waals surface area contributed by atoms with E-state index in [9.17, 15) is 9.90 Å². The topological polar surface area (TPSA) is 48.7 Å². The van der Waals surface area contributed by atoms with Crippen molar-refractivity contribution in [1.29, 1.82) is 0 Å². The SMILES string of the molecule is CCC1CCN(CCN2CCn3c(c(C4CCCCC4)c4ccc(C(=O)O)cc43)-c3ccc(C)cc32)C1. The number of carbonyl (C=O) groups is 1. The molecule has 1 atom stereocenters. The first-order valence-electron chi connectivity index (χ1n) is 14.5. The van der Waals surface area contributed by atoms with Crippen molar-refractivity contribution in [2.45, 2.75) is 71.3 Å². The summed E-state index contributed by atoms with van der Waals surface area (Å²) in [5.74, 6) is 0.547. The lowest BCUT2D eigenvalue weighted by Crippen LogP contribution is -2.35. The largest absolute Gasteiger partial charge is 0.478 e. The Morgan fingerprint density at radius 3 is 2.57 bits per heavy atom. The summed E-state index contributed by atoms with van der Waals surface area (Å²) >= 11 is 0. The zero-order valence-electron chi connectivity index (χ0n) is 22.5. The molecule has 1 saturated heterocycles. The van der Waals surface area contributed by atoms with E-state index in [0.717, 1.165) is 37.6 Å². The lowest BCUT2D eigenvalue weighted by Gasteiger charge is -2.28. The first kappa shape index (κ1) is 24.5. The average Bonchev–Trinajstić information content (AvgIpc) is 3.47. The highest BCUT2D eigenvalue weighted by molar-refractivity contribution is 5.99. The molecule has 1 N–H and O–H groups in total. The Labute approximate surface area is 221 Å². The summed E-state index contributed by atoms with van der Waals surface area (Å²) < 4.78 is 2.46. The van der Waals surface area contributed by atoms with Gasteiger partial charge in [-0.1, -0.05) is 50.8 Å². The summed E-state index contributed by atoms with van der Waals surface area (Å²) in [7, 11) is 0. The molecule has 3 aromatic rings. The molecule has 0 amide bonds. The lowest BCUT2D eigenvalue weighted by molar-refractivity contribution is 0.0697. The monoisotopic (exact) mass is 499 g/mol. The maximum Gasteiger partial charge on any atom is 0.335 e. The second-order valence-electron chi connectivity index (χ2n) is 11.7. The van der Waals surface area contributed by atoms with E-state index < -0.39 is 5.97 Å². The molecule has 196 valence electrons. The van der Waals surface area contributed by atoms with Crippen LogP contribution in [0.5, 0.6) is 0 Å². The first-order chi connectivity index (χ1) is 18.0. The number of rotatable bonds is 6. The maximum atomic E-state index is 11.9. The van der Waals surface area contributed by atoms with E-state index in [1.54, 1.807) is 6.07 Å². The Balaban J connectivity index is 1.45. The van der Waals surface area contributed by atoms with Gasteiger partial charge < -0.3 is 19.5 Å². The zero-order valence-corrected chi connectivity index (χ0v) is 22.5. The van der Waals surface area contributed by atoms with Crippen LogP contribution in [0.25, 0.3) is 22.2 Å². The molecule has 1 unspecified atom stereocenters. The summed E-state index contributed by atoms with van der Waals surface area (Å²) in [5.41, 5.74) is 8.25. The van der Waals surface area contributed by atoms with Crippen molar-refractivity contribution in [3.63, 3.8) is 0 Å². The Morgan fingerprint density at radius 2 is 1.81 bits per heavy atom. The van der Waals surface area contributed by atoms with Crippen molar-refractivity contribution in [1.82, 2.24) is 9.47 Å². The molecule has 1 aromatic heterocycles. The average molecular weight is 500 g/mol. The molecular formula is C32H41N3O2. The van der Waals surface area contributed by atoms with E-state index in [-0.39, 0.29) is 0 Å². The number of nitrogens with zero attached hydrogens (tertiary/aromatic N) is 3. The molecule has 1 saturated carbocycles. The molecule has 3 heterocycles. The number of aromatic carboxylic acids is 1. The lowest BCUT2D eigenvalue weighted by atomic mass is 9.81. The van der Waals surface area contributed by atoms with Gasteiger partial charge >= 0.3 is 5.97 Å². The third kappa shape index (κ3) is 4.56. The third-order valence-corrected chi connectivity index (χ3v) is 9.34. The summed E-state index contributed by atoms with van der Waals surface area (Å²) in [4.78, 5) is 17.2. The van der Waals surface area contributed by atoms with Gasteiger partial charge in [0.1, 0.15) is 0 Å². The summed E-state index contributed by atoms with van der Waals surface area (Å²) in [6.45, 7) is 11.0. The minimum absolute atomic E-state index is 0.382. The van der Waals surface area contributed by atoms with Crippen LogP contribution < -0.4 is 4.90 Å². The molecule has 5 heteroatoms. The van der Waals surface area contributed by atoms with Crippen LogP contribution in [-0.4, -0.2) is 53.3 Å². The van der Waals surface area contributed by atoms with Crippen LogP contribution in [-0.2, 0) is 6.54 Å². The van der Waals surface area contributed by atoms with Crippen LogP contribution in [0.4, 0.5) is 5.69 Å².